The molecule has 1 rings (SSSR count). The van der Waals surface area contributed by atoms with Gasteiger partial charge in [-0.15, -0.1) is 0 Å². The molecule has 0 amide bonds. The minimum Gasteiger partial charge on any atom is -0.257 e. The van der Waals surface area contributed by atoms with E-state index in [9.17, 15) is 8.78 Å². The minimum atomic E-state index is -0.642. The van der Waals surface area contributed by atoms with E-state index in [2.05, 4.69) is 18.2 Å². The van der Waals surface area contributed by atoms with Crippen LogP contribution in [0.5, 0.6) is 0 Å². The molecule has 0 unspecified atom stereocenters. The lowest BCUT2D eigenvalue weighted by atomic mass is 10.0. The Morgan fingerprint density at radius 1 is 1.43 bits per heavy atom. The summed E-state index contributed by atoms with van der Waals surface area (Å²) in [5.41, 5.74) is 0.803. The Balaban J connectivity index is 3.11. The monoisotopic (exact) mass is 193 g/mol. The largest absolute Gasteiger partial charge is 0.257 e. The van der Waals surface area contributed by atoms with Crippen LogP contribution in [0.4, 0.5) is 8.78 Å². The molecule has 14 heavy (non-hydrogen) atoms. The number of nitrogens with zero attached hydrogens (tertiary/aromatic N) is 1. The molecule has 72 valence electrons. The Bertz CT molecular complexity index is 384. The molecule has 0 spiro atoms. The Hall–Kier alpha value is -1.77. The summed E-state index contributed by atoms with van der Waals surface area (Å²) in [7, 11) is 0. The summed E-state index contributed by atoms with van der Waals surface area (Å²) in [4.78, 5) is 3.86. The highest BCUT2D eigenvalue weighted by molar-refractivity contribution is 6.12. The van der Waals surface area contributed by atoms with Crippen molar-refractivity contribution in [3.05, 3.63) is 60.9 Å². The second kappa shape index (κ2) is 4.46. The number of aliphatic imine (C=N–C) groups is 1. The van der Waals surface area contributed by atoms with Crippen LogP contribution in [0.1, 0.15) is 0 Å². The molecule has 3 heteroatoms. The van der Waals surface area contributed by atoms with Crippen LogP contribution in [-0.2, 0) is 0 Å². The zero-order chi connectivity index (χ0) is 10.6. The lowest BCUT2D eigenvalue weighted by molar-refractivity contribution is 0.663. The van der Waals surface area contributed by atoms with Crippen molar-refractivity contribution in [1.82, 2.24) is 0 Å². The van der Waals surface area contributed by atoms with Crippen molar-refractivity contribution in [3.63, 3.8) is 0 Å². The Labute approximate surface area is 81.2 Å². The Morgan fingerprint density at radius 3 is 2.71 bits per heavy atom. The third kappa shape index (κ3) is 2.62. The topological polar surface area (TPSA) is 12.4 Å². The van der Waals surface area contributed by atoms with Crippen molar-refractivity contribution in [1.29, 1.82) is 0 Å². The lowest BCUT2D eigenvalue weighted by Crippen LogP contribution is -2.01. The van der Waals surface area contributed by atoms with Crippen molar-refractivity contribution >= 4 is 5.71 Å². The Kier molecular flexibility index (Phi) is 3.29. The first kappa shape index (κ1) is 10.3. The minimum absolute atomic E-state index is 0.345. The van der Waals surface area contributed by atoms with Crippen LogP contribution < -0.4 is 0 Å². The quantitative estimate of drug-likeness (QED) is 0.637. The molecule has 0 saturated heterocycles. The molecule has 0 atom stereocenters. The maximum absolute atomic E-state index is 12.8. The van der Waals surface area contributed by atoms with Crippen molar-refractivity contribution in [3.8, 4) is 0 Å². The zero-order valence-corrected chi connectivity index (χ0v) is 7.50. The molecule has 0 aliphatic heterocycles. The molecule has 0 aromatic heterocycles. The fourth-order valence-corrected chi connectivity index (χ4v) is 1.03. The van der Waals surface area contributed by atoms with Gasteiger partial charge in [0, 0.05) is 11.8 Å². The highest BCUT2D eigenvalue weighted by Gasteiger charge is 2.07. The van der Waals surface area contributed by atoms with Gasteiger partial charge in [-0.3, -0.25) is 4.99 Å². The maximum atomic E-state index is 12.8. The van der Waals surface area contributed by atoms with E-state index >= 15 is 0 Å². The average Bonchev–Trinajstić information content (AvgIpc) is 2.09. The van der Waals surface area contributed by atoms with Crippen molar-refractivity contribution in [2.75, 3.05) is 0 Å². The number of halogens is 2. The second-order valence-corrected chi connectivity index (χ2v) is 2.61. The van der Waals surface area contributed by atoms with Gasteiger partial charge in [-0.2, -0.15) is 0 Å². The standard InChI is InChI=1S/C11H9F2N/c1-3-14-11-5-4-10(13)7-9(11)6-8(2)12/h3-7H,1-2H2/b9-6-,14-11?. The van der Waals surface area contributed by atoms with E-state index in [-0.39, 0.29) is 0 Å². The molecular weight excluding hydrogens is 184 g/mol. The summed E-state index contributed by atoms with van der Waals surface area (Å²) in [6.45, 7) is 6.48. The fraction of sp³-hybridized carbons (Fsp3) is 0. The van der Waals surface area contributed by atoms with E-state index in [0.717, 1.165) is 6.08 Å². The van der Waals surface area contributed by atoms with Crippen LogP contribution in [0.2, 0.25) is 0 Å². The van der Waals surface area contributed by atoms with Crippen LogP contribution in [0.15, 0.2) is 65.9 Å². The molecule has 0 fully saturated rings. The van der Waals surface area contributed by atoms with E-state index in [0.29, 0.717) is 11.3 Å². The third-order valence-electron chi connectivity index (χ3n) is 1.53. The van der Waals surface area contributed by atoms with Gasteiger partial charge in [0.25, 0.3) is 0 Å². The van der Waals surface area contributed by atoms with E-state index < -0.39 is 11.7 Å². The summed E-state index contributed by atoms with van der Waals surface area (Å²) in [5, 5.41) is 0. The predicted molar refractivity (Wildman–Crippen MR) is 54.3 cm³/mol. The summed E-state index contributed by atoms with van der Waals surface area (Å²) >= 11 is 0. The number of allylic oxidation sites excluding steroid dienone is 7. The maximum Gasteiger partial charge on any atom is 0.123 e. The van der Waals surface area contributed by atoms with Crippen LogP contribution in [-0.4, -0.2) is 5.71 Å². The van der Waals surface area contributed by atoms with Gasteiger partial charge in [-0.25, -0.2) is 8.78 Å². The first-order valence-electron chi connectivity index (χ1n) is 3.94. The highest BCUT2D eigenvalue weighted by atomic mass is 19.1. The van der Waals surface area contributed by atoms with Gasteiger partial charge in [0.05, 0.1) is 5.71 Å². The SMILES string of the molecule is C=CN=C1C=CC(F)=C/C1=C/C(=C)F. The van der Waals surface area contributed by atoms with Gasteiger partial charge < -0.3 is 0 Å². The van der Waals surface area contributed by atoms with Gasteiger partial charge in [0.2, 0.25) is 0 Å². The van der Waals surface area contributed by atoms with Gasteiger partial charge >= 0.3 is 0 Å². The molecule has 0 aromatic carbocycles. The van der Waals surface area contributed by atoms with E-state index in [1.165, 1.54) is 24.4 Å². The van der Waals surface area contributed by atoms with Gasteiger partial charge in [0.1, 0.15) is 11.7 Å². The van der Waals surface area contributed by atoms with E-state index in [1.807, 2.05) is 0 Å². The second-order valence-electron chi connectivity index (χ2n) is 2.61. The smallest absolute Gasteiger partial charge is 0.123 e. The molecule has 0 radical (unpaired) electrons. The van der Waals surface area contributed by atoms with Gasteiger partial charge in [0.15, 0.2) is 0 Å². The molecule has 1 aliphatic carbocycles. The molecule has 0 aromatic rings. The average molecular weight is 193 g/mol. The third-order valence-corrected chi connectivity index (χ3v) is 1.53. The molecule has 1 nitrogen and oxygen atoms in total. The summed E-state index contributed by atoms with van der Waals surface area (Å²) in [5.74, 6) is -1.09. The van der Waals surface area contributed by atoms with Crippen molar-refractivity contribution < 1.29 is 8.78 Å². The fourth-order valence-electron chi connectivity index (χ4n) is 1.03. The first-order chi connectivity index (χ1) is 6.63. The molecular formula is C11H9F2N. The number of hydrogen-bond donors (Lipinski definition) is 0. The molecule has 0 heterocycles. The lowest BCUT2D eigenvalue weighted by Gasteiger charge is -2.05. The molecule has 0 saturated carbocycles. The first-order valence-corrected chi connectivity index (χ1v) is 3.94. The zero-order valence-electron chi connectivity index (χ0n) is 7.50. The van der Waals surface area contributed by atoms with Crippen molar-refractivity contribution in [2.24, 2.45) is 4.99 Å². The van der Waals surface area contributed by atoms with Crippen LogP contribution in [0.25, 0.3) is 0 Å². The van der Waals surface area contributed by atoms with Crippen LogP contribution in [0, 0.1) is 0 Å². The summed E-state index contributed by atoms with van der Waals surface area (Å²) < 4.78 is 25.3. The van der Waals surface area contributed by atoms with Crippen molar-refractivity contribution in [2.45, 2.75) is 0 Å². The molecule has 0 bridgehead atoms. The molecule has 1 aliphatic rings. The summed E-state index contributed by atoms with van der Waals surface area (Å²) in [6, 6.07) is 0. The van der Waals surface area contributed by atoms with E-state index in [4.69, 9.17) is 0 Å². The highest BCUT2D eigenvalue weighted by Crippen LogP contribution is 2.17. The van der Waals surface area contributed by atoms with E-state index in [1.54, 1.807) is 0 Å². The summed E-state index contributed by atoms with van der Waals surface area (Å²) in [6.07, 6.45) is 6.32. The predicted octanol–water partition coefficient (Wildman–Crippen LogP) is 3.40. The molecule has 0 N–H and O–H groups in total. The Morgan fingerprint density at radius 2 is 2.14 bits per heavy atom. The van der Waals surface area contributed by atoms with Gasteiger partial charge in [-0.1, -0.05) is 13.2 Å². The normalized spacial score (nSPS) is 21.1. The number of rotatable bonds is 2. The number of hydrogen-bond acceptors (Lipinski definition) is 1. The van der Waals surface area contributed by atoms with Crippen LogP contribution in [0.3, 0.4) is 0 Å². The van der Waals surface area contributed by atoms with Crippen LogP contribution >= 0.6 is 0 Å². The van der Waals surface area contributed by atoms with Gasteiger partial charge in [-0.05, 0) is 24.3 Å².